The molecule has 0 saturated carbocycles. The van der Waals surface area contributed by atoms with Gasteiger partial charge in [0.05, 0.1) is 21.6 Å². The molecule has 4 rings (SSSR count). The monoisotopic (exact) mass is 412 g/mol. The molecule has 1 aromatic heterocycles. The molecule has 0 radical (unpaired) electrons. The molecule has 2 aromatic carbocycles. The van der Waals surface area contributed by atoms with Crippen LogP contribution in [0.5, 0.6) is 11.5 Å². The number of ether oxygens (including phenoxy) is 3. The number of carbonyl (C=O) groups is 2. The highest BCUT2D eigenvalue weighted by Crippen LogP contribution is 2.32. The first kappa shape index (κ1) is 19.2. The lowest BCUT2D eigenvalue weighted by molar-refractivity contribution is -0.154. The van der Waals surface area contributed by atoms with E-state index in [1.54, 1.807) is 24.3 Å². The van der Waals surface area contributed by atoms with E-state index in [-0.39, 0.29) is 19.1 Å². The van der Waals surface area contributed by atoms with Gasteiger partial charge in [0.15, 0.2) is 17.6 Å². The van der Waals surface area contributed by atoms with Crippen molar-refractivity contribution < 1.29 is 23.8 Å². The number of nitrogens with zero attached hydrogens (tertiary/aromatic N) is 1. The van der Waals surface area contributed by atoms with Gasteiger partial charge in [0.1, 0.15) is 0 Å². The van der Waals surface area contributed by atoms with E-state index in [0.717, 1.165) is 20.8 Å². The van der Waals surface area contributed by atoms with Gasteiger partial charge in [0, 0.05) is 13.0 Å². The molecular formula is C21H20N2O5S. The zero-order valence-corrected chi connectivity index (χ0v) is 16.7. The first-order chi connectivity index (χ1) is 14.1. The third kappa shape index (κ3) is 4.65. The first-order valence-electron chi connectivity index (χ1n) is 9.28. The molecule has 0 aliphatic carbocycles. The Kier molecular flexibility index (Phi) is 5.62. The molecule has 0 saturated heterocycles. The smallest absolute Gasteiger partial charge is 0.306 e. The zero-order valence-electron chi connectivity index (χ0n) is 15.8. The Hall–Kier alpha value is -3.13. The minimum Gasteiger partial charge on any atom is -0.454 e. The van der Waals surface area contributed by atoms with Crippen molar-refractivity contribution in [2.75, 3.05) is 6.79 Å². The SMILES string of the molecule is C[C@H](OC(=O)CCc1nc2ccccc2s1)C(=O)NCc1ccc2c(c1)OCO2. The highest BCUT2D eigenvalue weighted by Gasteiger charge is 2.19. The number of carbonyl (C=O) groups excluding carboxylic acids is 2. The van der Waals surface area contributed by atoms with Crippen LogP contribution in [0.4, 0.5) is 0 Å². The Balaban J connectivity index is 1.23. The summed E-state index contributed by atoms with van der Waals surface area (Å²) in [4.78, 5) is 28.8. The lowest BCUT2D eigenvalue weighted by Crippen LogP contribution is -2.35. The predicted octanol–water partition coefficient (Wildman–Crippen LogP) is 3.21. The number of aryl methyl sites for hydroxylation is 1. The Morgan fingerprint density at radius 3 is 2.90 bits per heavy atom. The maximum Gasteiger partial charge on any atom is 0.306 e. The van der Waals surface area contributed by atoms with Gasteiger partial charge in [-0.05, 0) is 36.8 Å². The van der Waals surface area contributed by atoms with Crippen LogP contribution in [0.25, 0.3) is 10.2 Å². The van der Waals surface area contributed by atoms with Crippen molar-refractivity contribution in [1.82, 2.24) is 10.3 Å². The number of benzene rings is 2. The largest absolute Gasteiger partial charge is 0.454 e. The van der Waals surface area contributed by atoms with Crippen molar-refractivity contribution in [3.63, 3.8) is 0 Å². The third-order valence-corrected chi connectivity index (χ3v) is 5.56. The van der Waals surface area contributed by atoms with E-state index in [1.807, 2.05) is 36.4 Å². The van der Waals surface area contributed by atoms with Gasteiger partial charge in [-0.3, -0.25) is 9.59 Å². The summed E-state index contributed by atoms with van der Waals surface area (Å²) in [6.45, 7) is 2.07. The Morgan fingerprint density at radius 1 is 1.21 bits per heavy atom. The molecule has 0 fully saturated rings. The highest BCUT2D eigenvalue weighted by molar-refractivity contribution is 7.18. The van der Waals surface area contributed by atoms with Crippen molar-refractivity contribution in [2.24, 2.45) is 0 Å². The summed E-state index contributed by atoms with van der Waals surface area (Å²) in [5.74, 6) is 0.576. The number of para-hydroxylation sites is 1. The molecule has 7 nitrogen and oxygen atoms in total. The number of thiazole rings is 1. The lowest BCUT2D eigenvalue weighted by Gasteiger charge is -2.13. The molecule has 0 bridgehead atoms. The van der Waals surface area contributed by atoms with Crippen LogP contribution in [-0.4, -0.2) is 29.8 Å². The van der Waals surface area contributed by atoms with Crippen molar-refractivity contribution >= 4 is 33.4 Å². The van der Waals surface area contributed by atoms with E-state index in [2.05, 4.69) is 10.3 Å². The molecule has 1 N–H and O–H groups in total. The van der Waals surface area contributed by atoms with Gasteiger partial charge in [-0.2, -0.15) is 0 Å². The van der Waals surface area contributed by atoms with Gasteiger partial charge in [0.2, 0.25) is 6.79 Å². The molecule has 1 aliphatic rings. The molecule has 8 heteroatoms. The number of hydrogen-bond donors (Lipinski definition) is 1. The molecule has 1 aliphatic heterocycles. The van der Waals surface area contributed by atoms with Gasteiger partial charge in [-0.1, -0.05) is 18.2 Å². The van der Waals surface area contributed by atoms with Gasteiger partial charge in [-0.15, -0.1) is 11.3 Å². The molecule has 2 heterocycles. The van der Waals surface area contributed by atoms with Gasteiger partial charge < -0.3 is 19.5 Å². The molecule has 150 valence electrons. The van der Waals surface area contributed by atoms with E-state index in [0.29, 0.717) is 24.5 Å². The number of nitrogens with one attached hydrogen (secondary N) is 1. The summed E-state index contributed by atoms with van der Waals surface area (Å²) in [7, 11) is 0. The normalized spacial score (nSPS) is 13.3. The van der Waals surface area contributed by atoms with Crippen molar-refractivity contribution in [1.29, 1.82) is 0 Å². The van der Waals surface area contributed by atoms with E-state index < -0.39 is 12.1 Å². The van der Waals surface area contributed by atoms with Crippen LogP contribution < -0.4 is 14.8 Å². The molecule has 29 heavy (non-hydrogen) atoms. The quantitative estimate of drug-likeness (QED) is 0.600. The first-order valence-corrected chi connectivity index (χ1v) is 10.1. The van der Waals surface area contributed by atoms with Gasteiger partial charge >= 0.3 is 5.97 Å². The standard InChI is InChI=1S/C21H20N2O5S/c1-13(21(25)22-11-14-6-7-16-17(10-14)27-12-26-16)28-20(24)9-8-19-23-15-4-2-3-5-18(15)29-19/h2-7,10,13H,8-9,11-12H2,1H3,(H,22,25)/t13-/m0/s1. The van der Waals surface area contributed by atoms with Crippen LogP contribution in [0.1, 0.15) is 23.9 Å². The fourth-order valence-electron chi connectivity index (χ4n) is 2.93. The zero-order chi connectivity index (χ0) is 20.2. The van der Waals surface area contributed by atoms with Crippen LogP contribution in [0.2, 0.25) is 0 Å². The average molecular weight is 412 g/mol. The maximum atomic E-state index is 12.2. The summed E-state index contributed by atoms with van der Waals surface area (Å²) in [6, 6.07) is 13.3. The van der Waals surface area contributed by atoms with Crippen molar-refractivity contribution in [3.8, 4) is 11.5 Å². The lowest BCUT2D eigenvalue weighted by atomic mass is 10.2. The number of esters is 1. The number of amides is 1. The Bertz CT molecular complexity index is 1020. The molecule has 1 amide bonds. The molecule has 1 atom stereocenters. The Morgan fingerprint density at radius 2 is 2.03 bits per heavy atom. The van der Waals surface area contributed by atoms with E-state index >= 15 is 0 Å². The Labute approximate surface area is 171 Å². The second-order valence-electron chi connectivity index (χ2n) is 6.61. The number of rotatable bonds is 7. The molecule has 3 aromatic rings. The van der Waals surface area contributed by atoms with E-state index in [1.165, 1.54) is 0 Å². The van der Waals surface area contributed by atoms with Crippen molar-refractivity contribution in [2.45, 2.75) is 32.4 Å². The number of hydrogen-bond acceptors (Lipinski definition) is 7. The summed E-state index contributed by atoms with van der Waals surface area (Å²) in [5.41, 5.74) is 1.80. The second-order valence-corrected chi connectivity index (χ2v) is 7.73. The molecule has 0 spiro atoms. The number of fused-ring (bicyclic) bond motifs is 2. The molecular weight excluding hydrogens is 392 g/mol. The van der Waals surface area contributed by atoms with Crippen LogP contribution in [0.3, 0.4) is 0 Å². The summed E-state index contributed by atoms with van der Waals surface area (Å²) >= 11 is 1.56. The summed E-state index contributed by atoms with van der Waals surface area (Å²) < 4.78 is 16.9. The molecule has 0 unspecified atom stereocenters. The minimum atomic E-state index is -0.869. The maximum absolute atomic E-state index is 12.2. The highest BCUT2D eigenvalue weighted by atomic mass is 32.1. The van der Waals surface area contributed by atoms with Gasteiger partial charge in [0.25, 0.3) is 5.91 Å². The predicted molar refractivity (Wildman–Crippen MR) is 108 cm³/mol. The van der Waals surface area contributed by atoms with Crippen LogP contribution in [0.15, 0.2) is 42.5 Å². The fraction of sp³-hybridized carbons (Fsp3) is 0.286. The van der Waals surface area contributed by atoms with Crippen molar-refractivity contribution in [3.05, 3.63) is 53.0 Å². The topological polar surface area (TPSA) is 86.8 Å². The third-order valence-electron chi connectivity index (χ3n) is 4.46. The van der Waals surface area contributed by atoms with Gasteiger partial charge in [-0.25, -0.2) is 4.98 Å². The second kappa shape index (κ2) is 8.48. The summed E-state index contributed by atoms with van der Waals surface area (Å²) in [6.07, 6.45) is -0.199. The van der Waals surface area contributed by atoms with E-state index in [4.69, 9.17) is 14.2 Å². The van der Waals surface area contributed by atoms with Crippen LogP contribution in [0, 0.1) is 0 Å². The van der Waals surface area contributed by atoms with Crippen LogP contribution >= 0.6 is 11.3 Å². The average Bonchev–Trinajstić information content (AvgIpc) is 3.36. The van der Waals surface area contributed by atoms with E-state index in [9.17, 15) is 9.59 Å². The van der Waals surface area contributed by atoms with Crippen LogP contribution in [-0.2, 0) is 27.3 Å². The minimum absolute atomic E-state index is 0.180. The fourth-order valence-corrected chi connectivity index (χ4v) is 3.90. The summed E-state index contributed by atoms with van der Waals surface area (Å²) in [5, 5.41) is 3.64. The number of aromatic nitrogens is 1.